The third-order valence-electron chi connectivity index (χ3n) is 6.19. The Kier molecular flexibility index (Phi) is 6.93. The fraction of sp³-hybridized carbons (Fsp3) is 0.259. The molecule has 184 valence electrons. The molecule has 1 N–H and O–H groups in total. The Bertz CT molecular complexity index is 1400. The molecule has 0 saturated carbocycles. The Morgan fingerprint density at radius 2 is 1.92 bits per heavy atom. The number of rotatable bonds is 8. The number of anilines is 2. The van der Waals surface area contributed by atoms with Gasteiger partial charge in [-0.15, -0.1) is 11.8 Å². The van der Waals surface area contributed by atoms with Gasteiger partial charge in [0.05, 0.1) is 34.3 Å². The van der Waals surface area contributed by atoms with Gasteiger partial charge in [0.2, 0.25) is 11.8 Å². The molecular weight excluding hydrogens is 492 g/mol. The standard InChI is InChI=1S/C27H26N4O3S2/c1-4-21-13-28-25(34-21)17(3)35-23-14-29-27(36-23)30-24(32)16(2)18-9-11-20(12-10-18)31-15-19-7-5-6-8-22(19)26(31)33/h5-14,16-17H,4,15H2,1-3H3,(H,29,30,32). The highest BCUT2D eigenvalue weighted by atomic mass is 32.2. The topological polar surface area (TPSA) is 88.3 Å². The zero-order valence-electron chi connectivity index (χ0n) is 20.2. The summed E-state index contributed by atoms with van der Waals surface area (Å²) in [7, 11) is 0. The van der Waals surface area contributed by atoms with Crippen molar-refractivity contribution in [2.24, 2.45) is 0 Å². The molecule has 0 radical (unpaired) electrons. The van der Waals surface area contributed by atoms with E-state index in [4.69, 9.17) is 4.42 Å². The molecule has 2 aromatic carbocycles. The van der Waals surface area contributed by atoms with E-state index in [0.717, 1.165) is 38.8 Å². The summed E-state index contributed by atoms with van der Waals surface area (Å²) >= 11 is 3.03. The molecule has 5 rings (SSSR count). The lowest BCUT2D eigenvalue weighted by Crippen LogP contribution is -2.23. The first-order valence-corrected chi connectivity index (χ1v) is 13.5. The van der Waals surface area contributed by atoms with Crippen LogP contribution in [0.25, 0.3) is 0 Å². The van der Waals surface area contributed by atoms with Crippen LogP contribution in [0.5, 0.6) is 0 Å². The van der Waals surface area contributed by atoms with Gasteiger partial charge in [-0.2, -0.15) is 0 Å². The maximum Gasteiger partial charge on any atom is 0.258 e. The van der Waals surface area contributed by atoms with Gasteiger partial charge in [0.25, 0.3) is 5.91 Å². The molecule has 9 heteroatoms. The molecule has 4 aromatic rings. The third kappa shape index (κ3) is 4.94. The molecule has 36 heavy (non-hydrogen) atoms. The van der Waals surface area contributed by atoms with Crippen molar-refractivity contribution >= 4 is 45.7 Å². The van der Waals surface area contributed by atoms with Crippen LogP contribution in [0.4, 0.5) is 10.8 Å². The predicted octanol–water partition coefficient (Wildman–Crippen LogP) is 6.45. The van der Waals surface area contributed by atoms with E-state index in [1.165, 1.54) is 11.3 Å². The SMILES string of the molecule is CCc1cnc(C(C)Sc2cnc(NC(=O)C(C)c3ccc(N4Cc5ccccc5C4=O)cc3)s2)o1. The number of aryl methyl sites for hydroxylation is 1. The molecule has 7 nitrogen and oxygen atoms in total. The molecule has 0 aliphatic carbocycles. The highest BCUT2D eigenvalue weighted by Crippen LogP contribution is 2.39. The van der Waals surface area contributed by atoms with Gasteiger partial charge in [0.15, 0.2) is 5.13 Å². The number of thioether (sulfide) groups is 1. The summed E-state index contributed by atoms with van der Waals surface area (Å²) in [5, 5.41) is 3.53. The number of oxazole rings is 1. The zero-order chi connectivity index (χ0) is 25.2. The van der Waals surface area contributed by atoms with Gasteiger partial charge in [-0.25, -0.2) is 9.97 Å². The van der Waals surface area contributed by atoms with Crippen LogP contribution in [0, 0.1) is 0 Å². The minimum atomic E-state index is -0.371. The summed E-state index contributed by atoms with van der Waals surface area (Å²) in [4.78, 5) is 36.1. The number of amides is 2. The first kappa shape index (κ1) is 24.3. The molecule has 0 bridgehead atoms. The van der Waals surface area contributed by atoms with Gasteiger partial charge in [-0.05, 0) is 43.2 Å². The number of hydrogen-bond donors (Lipinski definition) is 1. The molecule has 0 spiro atoms. The van der Waals surface area contributed by atoms with Crippen molar-refractivity contribution in [2.45, 2.75) is 49.1 Å². The number of benzene rings is 2. The minimum Gasteiger partial charge on any atom is -0.445 e. The summed E-state index contributed by atoms with van der Waals surface area (Å²) in [6, 6.07) is 15.3. The van der Waals surface area contributed by atoms with E-state index in [2.05, 4.69) is 15.3 Å². The van der Waals surface area contributed by atoms with E-state index in [1.807, 2.05) is 69.3 Å². The summed E-state index contributed by atoms with van der Waals surface area (Å²) in [5.41, 5.74) is 3.47. The quantitative estimate of drug-likeness (QED) is 0.270. The highest BCUT2D eigenvalue weighted by Gasteiger charge is 2.28. The van der Waals surface area contributed by atoms with Crippen LogP contribution in [0.2, 0.25) is 0 Å². The number of aromatic nitrogens is 2. The van der Waals surface area contributed by atoms with Crippen molar-refractivity contribution < 1.29 is 14.0 Å². The number of nitrogens with zero attached hydrogens (tertiary/aromatic N) is 3. The Morgan fingerprint density at radius 3 is 2.64 bits per heavy atom. The number of hydrogen-bond acceptors (Lipinski definition) is 7. The van der Waals surface area contributed by atoms with Crippen LogP contribution >= 0.6 is 23.1 Å². The highest BCUT2D eigenvalue weighted by molar-refractivity contribution is 8.01. The monoisotopic (exact) mass is 518 g/mol. The van der Waals surface area contributed by atoms with Gasteiger partial charge in [0, 0.05) is 17.7 Å². The fourth-order valence-electron chi connectivity index (χ4n) is 4.04. The molecular formula is C27H26N4O3S2. The van der Waals surface area contributed by atoms with Gasteiger partial charge in [-0.1, -0.05) is 48.6 Å². The van der Waals surface area contributed by atoms with Crippen molar-refractivity contribution in [3.05, 3.63) is 89.3 Å². The Balaban J connectivity index is 1.19. The molecule has 0 saturated heterocycles. The van der Waals surface area contributed by atoms with E-state index in [0.29, 0.717) is 17.6 Å². The van der Waals surface area contributed by atoms with Crippen molar-refractivity contribution in [3.63, 3.8) is 0 Å². The minimum absolute atomic E-state index is 0.00420. The molecule has 2 unspecified atom stereocenters. The molecule has 1 aliphatic heterocycles. The molecule has 3 heterocycles. The maximum atomic E-state index is 12.9. The molecule has 0 fully saturated rings. The van der Waals surface area contributed by atoms with Crippen LogP contribution in [0.15, 0.2) is 69.6 Å². The van der Waals surface area contributed by atoms with Gasteiger partial charge >= 0.3 is 0 Å². The zero-order valence-corrected chi connectivity index (χ0v) is 21.9. The van der Waals surface area contributed by atoms with Crippen molar-refractivity contribution in [1.82, 2.24) is 9.97 Å². The van der Waals surface area contributed by atoms with Gasteiger partial charge < -0.3 is 14.6 Å². The summed E-state index contributed by atoms with van der Waals surface area (Å²) in [5.74, 6) is 1.06. The smallest absolute Gasteiger partial charge is 0.258 e. The van der Waals surface area contributed by atoms with E-state index >= 15 is 0 Å². The Morgan fingerprint density at radius 1 is 1.14 bits per heavy atom. The van der Waals surface area contributed by atoms with Crippen LogP contribution in [0.3, 0.4) is 0 Å². The van der Waals surface area contributed by atoms with E-state index in [9.17, 15) is 9.59 Å². The predicted molar refractivity (Wildman–Crippen MR) is 143 cm³/mol. The second kappa shape index (κ2) is 10.3. The summed E-state index contributed by atoms with van der Waals surface area (Å²) < 4.78 is 6.72. The number of carbonyl (C=O) groups is 2. The fourth-order valence-corrected chi connectivity index (χ4v) is 6.13. The van der Waals surface area contributed by atoms with Crippen molar-refractivity contribution in [1.29, 1.82) is 0 Å². The normalized spacial score (nSPS) is 14.5. The van der Waals surface area contributed by atoms with E-state index in [-0.39, 0.29) is 23.0 Å². The number of carbonyl (C=O) groups excluding carboxylic acids is 2. The van der Waals surface area contributed by atoms with Crippen molar-refractivity contribution in [3.8, 4) is 0 Å². The molecule has 2 atom stereocenters. The van der Waals surface area contributed by atoms with Gasteiger partial charge in [-0.3, -0.25) is 9.59 Å². The van der Waals surface area contributed by atoms with Crippen LogP contribution in [-0.4, -0.2) is 21.8 Å². The third-order valence-corrected chi connectivity index (χ3v) is 8.33. The maximum absolute atomic E-state index is 12.9. The number of nitrogens with one attached hydrogen (secondary N) is 1. The largest absolute Gasteiger partial charge is 0.445 e. The van der Waals surface area contributed by atoms with Crippen LogP contribution in [-0.2, 0) is 17.8 Å². The van der Waals surface area contributed by atoms with E-state index in [1.54, 1.807) is 29.1 Å². The molecule has 2 amide bonds. The second-order valence-electron chi connectivity index (χ2n) is 8.61. The Labute approximate surface area is 218 Å². The van der Waals surface area contributed by atoms with E-state index < -0.39 is 0 Å². The summed E-state index contributed by atoms with van der Waals surface area (Å²) in [6.45, 7) is 6.49. The molecule has 2 aromatic heterocycles. The van der Waals surface area contributed by atoms with Crippen LogP contribution in [0.1, 0.15) is 65.1 Å². The first-order valence-electron chi connectivity index (χ1n) is 11.8. The first-order chi connectivity index (χ1) is 17.4. The number of thiazole rings is 1. The number of fused-ring (bicyclic) bond motifs is 1. The van der Waals surface area contributed by atoms with Crippen molar-refractivity contribution in [2.75, 3.05) is 10.2 Å². The lowest BCUT2D eigenvalue weighted by Gasteiger charge is -2.17. The average Bonchev–Trinajstić information content (AvgIpc) is 3.63. The van der Waals surface area contributed by atoms with Gasteiger partial charge in [0.1, 0.15) is 5.76 Å². The average molecular weight is 519 g/mol. The lowest BCUT2D eigenvalue weighted by atomic mass is 10.00. The lowest BCUT2D eigenvalue weighted by molar-refractivity contribution is -0.117. The van der Waals surface area contributed by atoms with Crippen LogP contribution < -0.4 is 10.2 Å². The Hall–Kier alpha value is -3.43. The summed E-state index contributed by atoms with van der Waals surface area (Å²) in [6.07, 6.45) is 4.34. The molecule has 1 aliphatic rings. The second-order valence-corrected chi connectivity index (χ2v) is 11.3.